The van der Waals surface area contributed by atoms with Gasteiger partial charge in [0.25, 0.3) is 0 Å². The van der Waals surface area contributed by atoms with Crippen LogP contribution in [0, 0.1) is 12.8 Å². The number of nitrogens with zero attached hydrogens (tertiary/aromatic N) is 1. The van der Waals surface area contributed by atoms with Crippen molar-refractivity contribution in [1.29, 1.82) is 0 Å². The Labute approximate surface area is 113 Å². The molecule has 1 aliphatic carbocycles. The maximum atomic E-state index is 3.52. The van der Waals surface area contributed by atoms with Crippen LogP contribution in [0.15, 0.2) is 18.2 Å². The van der Waals surface area contributed by atoms with Crippen molar-refractivity contribution in [2.24, 2.45) is 5.92 Å². The highest BCUT2D eigenvalue weighted by Gasteiger charge is 2.30. The van der Waals surface area contributed by atoms with Gasteiger partial charge in [-0.15, -0.1) is 0 Å². The van der Waals surface area contributed by atoms with Crippen LogP contribution in [0.5, 0.6) is 0 Å². The molecule has 1 aromatic rings. The first-order chi connectivity index (χ1) is 8.11. The Morgan fingerprint density at radius 1 is 1.35 bits per heavy atom. The van der Waals surface area contributed by atoms with E-state index in [0.29, 0.717) is 0 Å². The Morgan fingerprint density at radius 2 is 2.06 bits per heavy atom. The van der Waals surface area contributed by atoms with Gasteiger partial charge in [-0.1, -0.05) is 41.9 Å². The molecule has 0 unspecified atom stereocenters. The number of hydrogen-bond donors (Lipinski definition) is 0. The first kappa shape index (κ1) is 12.9. The van der Waals surface area contributed by atoms with Crippen LogP contribution >= 0.6 is 15.9 Å². The van der Waals surface area contributed by atoms with E-state index in [9.17, 15) is 0 Å². The van der Waals surface area contributed by atoms with E-state index in [0.717, 1.165) is 17.3 Å². The summed E-state index contributed by atoms with van der Waals surface area (Å²) in [7, 11) is 0. The van der Waals surface area contributed by atoms with Gasteiger partial charge in [0.15, 0.2) is 0 Å². The summed E-state index contributed by atoms with van der Waals surface area (Å²) in [4.78, 5) is 2.61. The van der Waals surface area contributed by atoms with Crippen molar-refractivity contribution in [3.05, 3.63) is 29.3 Å². The quantitative estimate of drug-likeness (QED) is 0.722. The minimum absolute atomic E-state index is 0.728. The molecule has 1 aromatic carbocycles. The highest BCUT2D eigenvalue weighted by Crippen LogP contribution is 2.34. The highest BCUT2D eigenvalue weighted by molar-refractivity contribution is 9.08. The summed E-state index contributed by atoms with van der Waals surface area (Å²) in [5, 5.41) is 0.946. The lowest BCUT2D eigenvalue weighted by molar-refractivity contribution is 0.606. The molecule has 2 heteroatoms. The number of anilines is 1. The van der Waals surface area contributed by atoms with Crippen molar-refractivity contribution in [3.63, 3.8) is 0 Å². The van der Waals surface area contributed by atoms with Gasteiger partial charge in [-0.05, 0) is 42.9 Å². The number of aryl methyl sites for hydroxylation is 1. The van der Waals surface area contributed by atoms with Crippen LogP contribution in [-0.4, -0.2) is 12.6 Å². The SMILES string of the molecule is Cc1cc(CBr)ccc1N(CC(C)C)C1CC1. The number of benzene rings is 1. The lowest BCUT2D eigenvalue weighted by Crippen LogP contribution is -2.30. The predicted molar refractivity (Wildman–Crippen MR) is 79.0 cm³/mol. The van der Waals surface area contributed by atoms with Crippen LogP contribution in [0.25, 0.3) is 0 Å². The van der Waals surface area contributed by atoms with Crippen molar-refractivity contribution in [3.8, 4) is 0 Å². The fourth-order valence-corrected chi connectivity index (χ4v) is 2.70. The van der Waals surface area contributed by atoms with Gasteiger partial charge in [-0.2, -0.15) is 0 Å². The summed E-state index contributed by atoms with van der Waals surface area (Å²) >= 11 is 3.52. The zero-order valence-corrected chi connectivity index (χ0v) is 12.6. The van der Waals surface area contributed by atoms with Crippen LogP contribution in [0.4, 0.5) is 5.69 Å². The van der Waals surface area contributed by atoms with Gasteiger partial charge in [0.05, 0.1) is 0 Å². The summed E-state index contributed by atoms with van der Waals surface area (Å²) in [6.45, 7) is 8.02. The first-order valence-corrected chi connectivity index (χ1v) is 7.66. The summed E-state index contributed by atoms with van der Waals surface area (Å²) in [6, 6.07) is 7.64. The summed E-state index contributed by atoms with van der Waals surface area (Å²) in [5.74, 6) is 0.728. The van der Waals surface area contributed by atoms with Crippen molar-refractivity contribution in [2.75, 3.05) is 11.4 Å². The third-order valence-electron chi connectivity index (χ3n) is 3.27. The number of rotatable bonds is 5. The molecule has 2 rings (SSSR count). The van der Waals surface area contributed by atoms with Gasteiger partial charge >= 0.3 is 0 Å². The summed E-state index contributed by atoms with van der Waals surface area (Å²) in [5.41, 5.74) is 4.21. The van der Waals surface area contributed by atoms with Gasteiger partial charge in [0.1, 0.15) is 0 Å². The molecule has 0 heterocycles. The molecule has 0 spiro atoms. The molecule has 0 radical (unpaired) electrons. The van der Waals surface area contributed by atoms with Gasteiger partial charge in [0, 0.05) is 23.6 Å². The fraction of sp³-hybridized carbons (Fsp3) is 0.600. The molecular weight excluding hydrogens is 274 g/mol. The fourth-order valence-electron chi connectivity index (χ4n) is 2.35. The minimum atomic E-state index is 0.728. The zero-order valence-electron chi connectivity index (χ0n) is 11.0. The number of alkyl halides is 1. The van der Waals surface area contributed by atoms with Crippen molar-refractivity contribution in [1.82, 2.24) is 0 Å². The smallest absolute Gasteiger partial charge is 0.0398 e. The van der Waals surface area contributed by atoms with Gasteiger partial charge in [-0.3, -0.25) is 0 Å². The molecule has 1 fully saturated rings. The van der Waals surface area contributed by atoms with Crippen molar-refractivity contribution >= 4 is 21.6 Å². The molecule has 94 valence electrons. The topological polar surface area (TPSA) is 3.24 Å². The van der Waals surface area contributed by atoms with Crippen LogP contribution in [0.2, 0.25) is 0 Å². The summed E-state index contributed by atoms with van der Waals surface area (Å²) in [6.07, 6.45) is 2.73. The Hall–Kier alpha value is -0.500. The summed E-state index contributed by atoms with van der Waals surface area (Å²) < 4.78 is 0. The zero-order chi connectivity index (χ0) is 12.4. The monoisotopic (exact) mass is 295 g/mol. The third kappa shape index (κ3) is 3.25. The molecular formula is C15H22BrN. The maximum Gasteiger partial charge on any atom is 0.0398 e. The molecule has 0 saturated heterocycles. The maximum absolute atomic E-state index is 3.52. The second-order valence-electron chi connectivity index (χ2n) is 5.53. The Morgan fingerprint density at radius 3 is 2.53 bits per heavy atom. The van der Waals surface area contributed by atoms with E-state index in [1.54, 1.807) is 0 Å². The second kappa shape index (κ2) is 5.43. The molecule has 0 aliphatic heterocycles. The normalized spacial score (nSPS) is 15.4. The Kier molecular flexibility index (Phi) is 4.13. The standard InChI is InChI=1S/C15H22BrN/c1-11(2)10-17(14-5-6-14)15-7-4-13(9-16)8-12(15)3/h4,7-8,11,14H,5-6,9-10H2,1-3H3. The first-order valence-electron chi connectivity index (χ1n) is 6.54. The van der Waals surface area contributed by atoms with E-state index < -0.39 is 0 Å². The highest BCUT2D eigenvalue weighted by atomic mass is 79.9. The molecule has 0 bridgehead atoms. The lowest BCUT2D eigenvalue weighted by atomic mass is 10.1. The average Bonchev–Trinajstić information content (AvgIpc) is 3.09. The van der Waals surface area contributed by atoms with Gasteiger partial charge in [0.2, 0.25) is 0 Å². The van der Waals surface area contributed by atoms with Crippen LogP contribution in [0.3, 0.4) is 0 Å². The van der Waals surface area contributed by atoms with E-state index in [1.165, 1.54) is 36.2 Å². The molecule has 1 aliphatic rings. The van der Waals surface area contributed by atoms with E-state index in [4.69, 9.17) is 0 Å². The molecule has 1 nitrogen and oxygen atoms in total. The lowest BCUT2D eigenvalue weighted by Gasteiger charge is -2.28. The minimum Gasteiger partial charge on any atom is -0.368 e. The Balaban J connectivity index is 2.23. The molecule has 17 heavy (non-hydrogen) atoms. The molecule has 0 N–H and O–H groups in total. The Bertz CT molecular complexity index is 383. The van der Waals surface area contributed by atoms with E-state index in [-0.39, 0.29) is 0 Å². The second-order valence-corrected chi connectivity index (χ2v) is 6.09. The third-order valence-corrected chi connectivity index (χ3v) is 3.92. The van der Waals surface area contributed by atoms with E-state index in [1.807, 2.05) is 0 Å². The average molecular weight is 296 g/mol. The number of hydrogen-bond acceptors (Lipinski definition) is 1. The van der Waals surface area contributed by atoms with Crippen LogP contribution in [-0.2, 0) is 5.33 Å². The van der Waals surface area contributed by atoms with Crippen LogP contribution < -0.4 is 4.90 Å². The van der Waals surface area contributed by atoms with Crippen molar-refractivity contribution < 1.29 is 0 Å². The largest absolute Gasteiger partial charge is 0.368 e. The molecule has 1 saturated carbocycles. The molecule has 0 aromatic heterocycles. The van der Waals surface area contributed by atoms with Gasteiger partial charge < -0.3 is 4.90 Å². The van der Waals surface area contributed by atoms with E-state index in [2.05, 4.69) is 59.8 Å². The predicted octanol–water partition coefficient (Wildman–Crippen LogP) is 4.51. The van der Waals surface area contributed by atoms with Crippen molar-refractivity contribution in [2.45, 2.75) is 45.0 Å². The van der Waals surface area contributed by atoms with Gasteiger partial charge in [-0.25, -0.2) is 0 Å². The number of halogens is 1. The molecule has 0 amide bonds. The molecule has 0 atom stereocenters. The van der Waals surface area contributed by atoms with E-state index >= 15 is 0 Å². The van der Waals surface area contributed by atoms with Crippen LogP contribution in [0.1, 0.15) is 37.8 Å².